The van der Waals surface area contributed by atoms with Gasteiger partial charge in [-0.3, -0.25) is 4.79 Å². The Balaban J connectivity index is 1.79. The van der Waals surface area contributed by atoms with Gasteiger partial charge in [-0.15, -0.1) is 0 Å². The molecule has 1 aromatic heterocycles. The summed E-state index contributed by atoms with van der Waals surface area (Å²) in [6.45, 7) is 3.30. The maximum absolute atomic E-state index is 14.2. The number of amides is 1. The summed E-state index contributed by atoms with van der Waals surface area (Å²) in [5.41, 5.74) is 3.39. The van der Waals surface area contributed by atoms with Gasteiger partial charge in [-0.05, 0) is 36.8 Å². The normalized spacial score (nSPS) is 16.6. The van der Waals surface area contributed by atoms with Crippen molar-refractivity contribution in [3.8, 4) is 0 Å². The second-order valence-corrected chi connectivity index (χ2v) is 6.42. The third-order valence-electron chi connectivity index (χ3n) is 4.80. The minimum atomic E-state index is -0.476. The second kappa shape index (κ2) is 6.20. The summed E-state index contributed by atoms with van der Waals surface area (Å²) in [7, 11) is 0. The molecule has 0 N–H and O–H groups in total. The van der Waals surface area contributed by atoms with Crippen LogP contribution in [0.2, 0.25) is 0 Å². The quantitative estimate of drug-likeness (QED) is 0.690. The van der Waals surface area contributed by atoms with Crippen molar-refractivity contribution in [2.75, 3.05) is 6.54 Å². The zero-order valence-corrected chi connectivity index (χ0v) is 14.0. The van der Waals surface area contributed by atoms with Crippen LogP contribution in [0.1, 0.15) is 33.2 Å². The summed E-state index contributed by atoms with van der Waals surface area (Å²) in [5.74, 6) is -0.743. The number of nitrogens with zero attached hydrogens (tertiary/aromatic N) is 2. The first-order chi connectivity index (χ1) is 12.1. The minimum absolute atomic E-state index is 0.125. The molecule has 0 radical (unpaired) electrons. The lowest BCUT2D eigenvalue weighted by molar-refractivity contribution is 0.0659. The molecule has 2 aromatic carbocycles. The fraction of sp³-hybridized carbons (Fsp3) is 0.190. The Morgan fingerprint density at radius 1 is 1.00 bits per heavy atom. The third-order valence-corrected chi connectivity index (χ3v) is 4.80. The summed E-state index contributed by atoms with van der Waals surface area (Å²) < 4.78 is 16.3. The van der Waals surface area contributed by atoms with Gasteiger partial charge in [0.15, 0.2) is 0 Å². The van der Waals surface area contributed by atoms with Crippen molar-refractivity contribution in [1.29, 1.82) is 0 Å². The van der Waals surface area contributed by atoms with E-state index in [1.54, 1.807) is 23.1 Å². The molecular weight excluding hydrogens is 315 g/mol. The van der Waals surface area contributed by atoms with Crippen LogP contribution in [-0.4, -0.2) is 21.9 Å². The molecule has 0 bridgehead atoms. The molecule has 3 aromatic rings. The molecule has 4 rings (SSSR count). The van der Waals surface area contributed by atoms with Gasteiger partial charge in [0.2, 0.25) is 0 Å². The van der Waals surface area contributed by atoms with Gasteiger partial charge in [-0.1, -0.05) is 42.0 Å². The molecule has 25 heavy (non-hydrogen) atoms. The zero-order chi connectivity index (χ0) is 17.4. The van der Waals surface area contributed by atoms with E-state index in [0.29, 0.717) is 13.1 Å². The van der Waals surface area contributed by atoms with Crippen LogP contribution in [-0.2, 0) is 6.54 Å². The number of aromatic nitrogens is 1. The van der Waals surface area contributed by atoms with E-state index in [0.717, 1.165) is 11.3 Å². The molecule has 1 aliphatic heterocycles. The highest BCUT2D eigenvalue weighted by Crippen LogP contribution is 2.33. The van der Waals surface area contributed by atoms with Crippen LogP contribution in [0.3, 0.4) is 0 Å². The van der Waals surface area contributed by atoms with Gasteiger partial charge < -0.3 is 9.47 Å². The Morgan fingerprint density at radius 2 is 1.76 bits per heavy atom. The van der Waals surface area contributed by atoms with Crippen LogP contribution in [0.15, 0.2) is 66.9 Å². The SMILES string of the molecule is Cc1ccc(C2c3cccn3CCN2C(=O)c2ccccc2F)cc1. The topological polar surface area (TPSA) is 25.2 Å². The van der Waals surface area contributed by atoms with Gasteiger partial charge in [-0.25, -0.2) is 4.39 Å². The van der Waals surface area contributed by atoms with Gasteiger partial charge in [-0.2, -0.15) is 0 Å². The lowest BCUT2D eigenvalue weighted by Gasteiger charge is -2.37. The predicted molar refractivity (Wildman–Crippen MR) is 94.9 cm³/mol. The maximum atomic E-state index is 14.2. The van der Waals surface area contributed by atoms with Crippen molar-refractivity contribution >= 4 is 5.91 Å². The number of carbonyl (C=O) groups excluding carboxylic acids is 1. The van der Waals surface area contributed by atoms with Gasteiger partial charge >= 0.3 is 0 Å². The molecule has 0 saturated carbocycles. The Labute approximate surface area is 146 Å². The molecule has 126 valence electrons. The van der Waals surface area contributed by atoms with Crippen molar-refractivity contribution in [1.82, 2.24) is 9.47 Å². The first-order valence-corrected chi connectivity index (χ1v) is 8.42. The molecule has 1 aliphatic rings. The molecule has 4 heteroatoms. The first kappa shape index (κ1) is 15.6. The summed E-state index contributed by atoms with van der Waals surface area (Å²) in [4.78, 5) is 14.9. The molecule has 1 amide bonds. The van der Waals surface area contributed by atoms with Crippen LogP contribution in [0.5, 0.6) is 0 Å². The lowest BCUT2D eigenvalue weighted by atomic mass is 9.98. The summed E-state index contributed by atoms with van der Waals surface area (Å²) in [5, 5.41) is 0. The number of carbonyl (C=O) groups is 1. The number of halogens is 1. The van der Waals surface area contributed by atoms with Gasteiger partial charge in [0.05, 0.1) is 11.6 Å². The molecule has 0 aliphatic carbocycles. The fourth-order valence-electron chi connectivity index (χ4n) is 3.49. The lowest BCUT2D eigenvalue weighted by Crippen LogP contribution is -2.42. The number of hydrogen-bond donors (Lipinski definition) is 0. The number of rotatable bonds is 2. The van der Waals surface area contributed by atoms with Crippen LogP contribution < -0.4 is 0 Å². The van der Waals surface area contributed by atoms with E-state index < -0.39 is 5.82 Å². The number of benzene rings is 2. The average molecular weight is 334 g/mol. The predicted octanol–water partition coefficient (Wildman–Crippen LogP) is 4.18. The number of hydrogen-bond acceptors (Lipinski definition) is 1. The van der Waals surface area contributed by atoms with Crippen LogP contribution in [0, 0.1) is 12.7 Å². The summed E-state index contributed by atoms with van der Waals surface area (Å²) in [6, 6.07) is 18.2. The average Bonchev–Trinajstić information content (AvgIpc) is 3.10. The Hall–Kier alpha value is -2.88. The highest BCUT2D eigenvalue weighted by atomic mass is 19.1. The number of fused-ring (bicyclic) bond motifs is 1. The van der Waals surface area contributed by atoms with E-state index >= 15 is 0 Å². The highest BCUT2D eigenvalue weighted by Gasteiger charge is 2.33. The van der Waals surface area contributed by atoms with E-state index in [1.165, 1.54) is 11.6 Å². The fourth-order valence-corrected chi connectivity index (χ4v) is 3.49. The van der Waals surface area contributed by atoms with Crippen molar-refractivity contribution in [2.24, 2.45) is 0 Å². The van der Waals surface area contributed by atoms with Gasteiger partial charge in [0.1, 0.15) is 5.82 Å². The Bertz CT molecular complexity index is 914. The van der Waals surface area contributed by atoms with Gasteiger partial charge in [0, 0.05) is 25.0 Å². The molecule has 3 nitrogen and oxygen atoms in total. The van der Waals surface area contributed by atoms with Crippen molar-refractivity contribution in [3.05, 3.63) is 95.1 Å². The molecular formula is C21H19FN2O. The van der Waals surface area contributed by atoms with E-state index in [-0.39, 0.29) is 17.5 Å². The first-order valence-electron chi connectivity index (χ1n) is 8.42. The summed E-state index contributed by atoms with van der Waals surface area (Å²) in [6.07, 6.45) is 2.03. The molecule has 2 heterocycles. The van der Waals surface area contributed by atoms with Crippen molar-refractivity contribution in [2.45, 2.75) is 19.5 Å². The maximum Gasteiger partial charge on any atom is 0.257 e. The second-order valence-electron chi connectivity index (χ2n) is 6.42. The summed E-state index contributed by atoms with van der Waals surface area (Å²) >= 11 is 0. The van der Waals surface area contributed by atoms with E-state index in [1.807, 2.05) is 49.5 Å². The smallest absolute Gasteiger partial charge is 0.257 e. The third kappa shape index (κ3) is 2.74. The van der Waals surface area contributed by atoms with Crippen LogP contribution in [0.25, 0.3) is 0 Å². The molecule has 0 fully saturated rings. The van der Waals surface area contributed by atoms with Crippen molar-refractivity contribution < 1.29 is 9.18 Å². The van der Waals surface area contributed by atoms with Crippen LogP contribution in [0.4, 0.5) is 4.39 Å². The minimum Gasteiger partial charge on any atom is -0.348 e. The molecule has 1 unspecified atom stereocenters. The van der Waals surface area contributed by atoms with Crippen LogP contribution >= 0.6 is 0 Å². The Kier molecular flexibility index (Phi) is 3.88. The zero-order valence-electron chi connectivity index (χ0n) is 14.0. The van der Waals surface area contributed by atoms with E-state index in [2.05, 4.69) is 4.57 Å². The largest absolute Gasteiger partial charge is 0.348 e. The molecule has 0 saturated heterocycles. The van der Waals surface area contributed by atoms with Gasteiger partial charge in [0.25, 0.3) is 5.91 Å². The molecule has 0 spiro atoms. The van der Waals surface area contributed by atoms with Crippen molar-refractivity contribution in [3.63, 3.8) is 0 Å². The molecule has 1 atom stereocenters. The monoisotopic (exact) mass is 334 g/mol. The standard InChI is InChI=1S/C21H19FN2O/c1-15-8-10-16(11-9-15)20-19-7-4-12-23(19)13-14-24(20)21(25)17-5-2-3-6-18(17)22/h2-12,20H,13-14H2,1H3. The Morgan fingerprint density at radius 3 is 2.52 bits per heavy atom. The van der Waals surface area contributed by atoms with E-state index in [4.69, 9.17) is 0 Å². The number of aryl methyl sites for hydroxylation is 1. The van der Waals surface area contributed by atoms with E-state index in [9.17, 15) is 9.18 Å². The highest BCUT2D eigenvalue weighted by molar-refractivity contribution is 5.95.